The fraction of sp³-hybridized carbons (Fsp3) is 0.625. The fourth-order valence-corrected chi connectivity index (χ4v) is 1.35. The minimum absolute atomic E-state index is 0.657. The molecule has 0 heterocycles. The Hall–Kier alpha value is -0.810. The van der Waals surface area contributed by atoms with E-state index in [1.807, 2.05) is 6.07 Å². The summed E-state index contributed by atoms with van der Waals surface area (Å²) in [5.74, 6) is 0. The van der Waals surface area contributed by atoms with Crippen molar-refractivity contribution in [1.82, 2.24) is 0 Å². The van der Waals surface area contributed by atoms with Crippen LogP contribution >= 0.6 is 0 Å². The maximum atomic E-state index is 9.58. The summed E-state index contributed by atoms with van der Waals surface area (Å²) < 4.78 is 0. The maximum Gasteiger partial charge on any atom is 0.0909 e. The summed E-state index contributed by atoms with van der Waals surface area (Å²) in [6, 6.07) is 1.88. The largest absolute Gasteiger partial charge is 0.386 e. The molecule has 1 aliphatic carbocycles. The summed E-state index contributed by atoms with van der Waals surface area (Å²) in [4.78, 5) is 0. The van der Waals surface area contributed by atoms with Gasteiger partial charge in [0.15, 0.2) is 0 Å². The van der Waals surface area contributed by atoms with Crippen LogP contribution in [0.3, 0.4) is 0 Å². The molecule has 0 saturated heterocycles. The van der Waals surface area contributed by atoms with Crippen molar-refractivity contribution in [1.29, 1.82) is 5.26 Å². The molecular weight excluding hydrogens is 126 g/mol. The summed E-state index contributed by atoms with van der Waals surface area (Å²) in [5, 5.41) is 17.8. The second-order valence-corrected chi connectivity index (χ2v) is 2.77. The van der Waals surface area contributed by atoms with Crippen LogP contribution in [-0.4, -0.2) is 10.7 Å². The first-order valence-electron chi connectivity index (χ1n) is 3.57. The van der Waals surface area contributed by atoms with E-state index in [1.54, 1.807) is 6.08 Å². The third kappa shape index (κ3) is 1.58. The van der Waals surface area contributed by atoms with Gasteiger partial charge in [-0.05, 0) is 18.9 Å². The van der Waals surface area contributed by atoms with Crippen LogP contribution in [0.4, 0.5) is 0 Å². The molecule has 0 spiro atoms. The molecular formula is C8H11NO. The van der Waals surface area contributed by atoms with Gasteiger partial charge in [0, 0.05) is 6.08 Å². The minimum Gasteiger partial charge on any atom is -0.386 e. The summed E-state index contributed by atoms with van der Waals surface area (Å²) in [5.41, 5.74) is -0.657. The topological polar surface area (TPSA) is 44.0 Å². The van der Waals surface area contributed by atoms with E-state index in [-0.39, 0.29) is 0 Å². The molecule has 0 bridgehead atoms. The highest BCUT2D eigenvalue weighted by atomic mass is 16.3. The van der Waals surface area contributed by atoms with Crippen molar-refractivity contribution < 1.29 is 5.11 Å². The van der Waals surface area contributed by atoms with E-state index >= 15 is 0 Å². The molecule has 10 heavy (non-hydrogen) atoms. The van der Waals surface area contributed by atoms with Crippen LogP contribution in [0.25, 0.3) is 0 Å². The molecule has 0 aromatic rings. The van der Waals surface area contributed by atoms with Gasteiger partial charge < -0.3 is 5.11 Å². The zero-order valence-corrected chi connectivity index (χ0v) is 5.88. The second-order valence-electron chi connectivity index (χ2n) is 2.77. The first-order valence-corrected chi connectivity index (χ1v) is 3.57. The van der Waals surface area contributed by atoms with Crippen molar-refractivity contribution in [3.8, 4) is 6.07 Å². The highest BCUT2D eigenvalue weighted by molar-refractivity contribution is 5.11. The van der Waals surface area contributed by atoms with Gasteiger partial charge in [0.2, 0.25) is 0 Å². The van der Waals surface area contributed by atoms with Crippen LogP contribution in [0.15, 0.2) is 12.2 Å². The quantitative estimate of drug-likeness (QED) is 0.555. The normalized spacial score (nSPS) is 23.2. The molecule has 1 N–H and O–H groups in total. The van der Waals surface area contributed by atoms with Crippen LogP contribution in [0.2, 0.25) is 0 Å². The van der Waals surface area contributed by atoms with E-state index in [0.717, 1.165) is 25.7 Å². The number of rotatable bonds is 1. The van der Waals surface area contributed by atoms with Crippen LogP contribution in [-0.2, 0) is 0 Å². The third-order valence-electron chi connectivity index (χ3n) is 1.94. The SMILES string of the molecule is N#C/C=C/C1(O)CCCC1. The van der Waals surface area contributed by atoms with Gasteiger partial charge in [-0.1, -0.05) is 12.8 Å². The van der Waals surface area contributed by atoms with Crippen molar-refractivity contribution in [3.05, 3.63) is 12.2 Å². The molecule has 54 valence electrons. The van der Waals surface area contributed by atoms with Crippen LogP contribution < -0.4 is 0 Å². The molecule has 0 aliphatic heterocycles. The average molecular weight is 137 g/mol. The van der Waals surface area contributed by atoms with E-state index in [0.29, 0.717) is 0 Å². The summed E-state index contributed by atoms with van der Waals surface area (Å²) in [6.45, 7) is 0. The second kappa shape index (κ2) is 2.85. The summed E-state index contributed by atoms with van der Waals surface area (Å²) >= 11 is 0. The van der Waals surface area contributed by atoms with E-state index < -0.39 is 5.60 Å². The molecule has 0 unspecified atom stereocenters. The van der Waals surface area contributed by atoms with E-state index in [4.69, 9.17) is 5.26 Å². The Bertz CT molecular complexity index is 172. The smallest absolute Gasteiger partial charge is 0.0909 e. The van der Waals surface area contributed by atoms with Gasteiger partial charge in [0.1, 0.15) is 0 Å². The number of nitrogens with zero attached hydrogens (tertiary/aromatic N) is 1. The Labute approximate surface area is 60.8 Å². The highest BCUT2D eigenvalue weighted by Gasteiger charge is 2.27. The molecule has 1 aliphatic rings. The van der Waals surface area contributed by atoms with Gasteiger partial charge in [-0.15, -0.1) is 0 Å². The lowest BCUT2D eigenvalue weighted by Crippen LogP contribution is -2.19. The van der Waals surface area contributed by atoms with Gasteiger partial charge in [0.05, 0.1) is 11.7 Å². The van der Waals surface area contributed by atoms with Crippen molar-refractivity contribution in [2.45, 2.75) is 31.3 Å². The van der Waals surface area contributed by atoms with Gasteiger partial charge in [0.25, 0.3) is 0 Å². The van der Waals surface area contributed by atoms with Gasteiger partial charge in [-0.25, -0.2) is 0 Å². The Morgan fingerprint density at radius 1 is 1.40 bits per heavy atom. The fourth-order valence-electron chi connectivity index (χ4n) is 1.35. The van der Waals surface area contributed by atoms with Gasteiger partial charge >= 0.3 is 0 Å². The third-order valence-corrected chi connectivity index (χ3v) is 1.94. The molecule has 2 heteroatoms. The molecule has 0 atom stereocenters. The molecule has 1 saturated carbocycles. The number of nitriles is 1. The zero-order valence-electron chi connectivity index (χ0n) is 5.88. The molecule has 0 radical (unpaired) electrons. The number of hydrogen-bond donors (Lipinski definition) is 1. The lowest BCUT2D eigenvalue weighted by Gasteiger charge is -2.15. The Morgan fingerprint density at radius 2 is 2.00 bits per heavy atom. The predicted octanol–water partition coefficient (Wildman–Crippen LogP) is 1.37. The first-order chi connectivity index (χ1) is 4.77. The lowest BCUT2D eigenvalue weighted by molar-refractivity contribution is 0.0993. The zero-order chi connectivity index (χ0) is 7.45. The summed E-state index contributed by atoms with van der Waals surface area (Å²) in [6.07, 6.45) is 6.75. The van der Waals surface area contributed by atoms with Gasteiger partial charge in [-0.3, -0.25) is 0 Å². The van der Waals surface area contributed by atoms with Gasteiger partial charge in [-0.2, -0.15) is 5.26 Å². The minimum atomic E-state index is -0.657. The van der Waals surface area contributed by atoms with Crippen LogP contribution in [0.5, 0.6) is 0 Å². The van der Waals surface area contributed by atoms with Crippen LogP contribution in [0, 0.1) is 11.3 Å². The molecule has 0 aromatic carbocycles. The van der Waals surface area contributed by atoms with Crippen molar-refractivity contribution >= 4 is 0 Å². The summed E-state index contributed by atoms with van der Waals surface area (Å²) in [7, 11) is 0. The standard InChI is InChI=1S/C8H11NO/c9-7-3-6-8(10)4-1-2-5-8/h3,6,10H,1-2,4-5H2/b6-3+. The molecule has 2 nitrogen and oxygen atoms in total. The highest BCUT2D eigenvalue weighted by Crippen LogP contribution is 2.30. The monoisotopic (exact) mass is 137 g/mol. The van der Waals surface area contributed by atoms with E-state index in [2.05, 4.69) is 0 Å². The van der Waals surface area contributed by atoms with Crippen LogP contribution in [0.1, 0.15) is 25.7 Å². The number of aliphatic hydroxyl groups is 1. The van der Waals surface area contributed by atoms with E-state index in [1.165, 1.54) is 6.08 Å². The van der Waals surface area contributed by atoms with Crippen molar-refractivity contribution in [2.24, 2.45) is 0 Å². The predicted molar refractivity (Wildman–Crippen MR) is 38.2 cm³/mol. The average Bonchev–Trinajstić information content (AvgIpc) is 2.33. The Kier molecular flexibility index (Phi) is 2.08. The lowest BCUT2D eigenvalue weighted by atomic mass is 10.0. The number of allylic oxidation sites excluding steroid dienone is 1. The number of hydrogen-bond acceptors (Lipinski definition) is 2. The Morgan fingerprint density at radius 3 is 2.50 bits per heavy atom. The molecule has 1 fully saturated rings. The molecule has 1 rings (SSSR count). The maximum absolute atomic E-state index is 9.58. The Balaban J connectivity index is 2.53. The molecule has 0 aromatic heterocycles. The van der Waals surface area contributed by atoms with E-state index in [9.17, 15) is 5.11 Å². The molecule has 0 amide bonds. The van der Waals surface area contributed by atoms with Crippen molar-refractivity contribution in [3.63, 3.8) is 0 Å². The first kappa shape index (κ1) is 7.30. The van der Waals surface area contributed by atoms with Crippen molar-refractivity contribution in [2.75, 3.05) is 0 Å².